The molecule has 0 aliphatic carbocycles. The highest BCUT2D eigenvalue weighted by molar-refractivity contribution is 7.98. The maximum Gasteiger partial charge on any atom is 0.339 e. The van der Waals surface area contributed by atoms with Crippen molar-refractivity contribution in [1.29, 1.82) is 0 Å². The Bertz CT molecular complexity index is 640. The molecule has 0 amide bonds. The Morgan fingerprint density at radius 2 is 2.20 bits per heavy atom. The summed E-state index contributed by atoms with van der Waals surface area (Å²) in [4.78, 5) is 11.2. The quantitative estimate of drug-likeness (QED) is 0.851. The fourth-order valence-electron chi connectivity index (χ4n) is 1.67. The number of hydrogen-bond donors (Lipinski definition) is 1. The zero-order valence-corrected chi connectivity index (χ0v) is 12.3. The summed E-state index contributed by atoms with van der Waals surface area (Å²) in [5.74, 6) is 0.827. The lowest BCUT2D eigenvalue weighted by Crippen LogP contribution is -2.01. The van der Waals surface area contributed by atoms with Gasteiger partial charge in [0.15, 0.2) is 5.16 Å². The number of methoxy groups -OCH3 is 1. The summed E-state index contributed by atoms with van der Waals surface area (Å²) in [6.07, 6.45) is 0. The molecule has 1 N–H and O–H groups in total. The fraction of sp³-hybridized carbons (Fsp3) is 0.308. The van der Waals surface area contributed by atoms with Gasteiger partial charge in [-0.1, -0.05) is 17.8 Å². The molecule has 0 aliphatic rings. The van der Waals surface area contributed by atoms with Crippen molar-refractivity contribution < 1.29 is 14.6 Å². The number of thioether (sulfide) groups is 1. The number of hydrogen-bond acceptors (Lipinski definition) is 5. The highest BCUT2D eigenvalue weighted by atomic mass is 32.2. The first kappa shape index (κ1) is 14.4. The minimum Gasteiger partial charge on any atom is -0.496 e. The van der Waals surface area contributed by atoms with Gasteiger partial charge in [0.25, 0.3) is 0 Å². The number of ether oxygens (including phenoxy) is 1. The minimum absolute atomic E-state index is 0.166. The Morgan fingerprint density at radius 1 is 1.45 bits per heavy atom. The molecule has 0 saturated carbocycles. The largest absolute Gasteiger partial charge is 0.496 e. The lowest BCUT2D eigenvalue weighted by atomic mass is 10.1. The number of rotatable bonds is 5. The molecule has 0 aliphatic heterocycles. The predicted octanol–water partition coefficient (Wildman–Crippen LogP) is 2.12. The molecule has 0 saturated heterocycles. The van der Waals surface area contributed by atoms with Crippen LogP contribution in [-0.2, 0) is 12.8 Å². The third-order valence-electron chi connectivity index (χ3n) is 2.91. The van der Waals surface area contributed by atoms with Gasteiger partial charge in [0.2, 0.25) is 0 Å². The SMILES string of the molecule is COc1ccc(CSc2nnc(C)n2C)cc1C(=O)O. The van der Waals surface area contributed by atoms with Gasteiger partial charge in [-0.15, -0.1) is 10.2 Å². The van der Waals surface area contributed by atoms with E-state index in [9.17, 15) is 4.79 Å². The van der Waals surface area contributed by atoms with Crippen LogP contribution in [0.25, 0.3) is 0 Å². The standard InChI is InChI=1S/C13H15N3O3S/c1-8-14-15-13(16(8)2)20-7-9-4-5-11(19-3)10(6-9)12(17)18/h4-6H,7H2,1-3H3,(H,17,18). The summed E-state index contributed by atoms with van der Waals surface area (Å²) >= 11 is 1.51. The normalized spacial score (nSPS) is 10.6. The van der Waals surface area contributed by atoms with Crippen molar-refractivity contribution in [2.45, 2.75) is 17.8 Å². The molecule has 6 nitrogen and oxygen atoms in total. The van der Waals surface area contributed by atoms with E-state index in [2.05, 4.69) is 10.2 Å². The van der Waals surface area contributed by atoms with Gasteiger partial charge in [0, 0.05) is 12.8 Å². The molecule has 0 bridgehead atoms. The Kier molecular flexibility index (Phi) is 4.29. The molecular formula is C13H15N3O3S. The minimum atomic E-state index is -0.997. The lowest BCUT2D eigenvalue weighted by molar-refractivity contribution is 0.0693. The Morgan fingerprint density at radius 3 is 2.75 bits per heavy atom. The molecule has 1 aromatic carbocycles. The van der Waals surface area contributed by atoms with Gasteiger partial charge in [0.05, 0.1) is 7.11 Å². The monoisotopic (exact) mass is 293 g/mol. The van der Waals surface area contributed by atoms with Gasteiger partial charge in [-0.2, -0.15) is 0 Å². The summed E-state index contributed by atoms with van der Waals surface area (Å²) in [5, 5.41) is 18.0. The summed E-state index contributed by atoms with van der Waals surface area (Å²) in [7, 11) is 3.35. The van der Waals surface area contributed by atoms with Crippen molar-refractivity contribution in [2.75, 3.05) is 7.11 Å². The van der Waals surface area contributed by atoms with E-state index < -0.39 is 5.97 Å². The second-order valence-electron chi connectivity index (χ2n) is 4.22. The third kappa shape index (κ3) is 2.93. The second-order valence-corrected chi connectivity index (χ2v) is 5.16. The number of benzene rings is 1. The Labute approximate surface area is 120 Å². The number of aromatic carboxylic acids is 1. The Hall–Kier alpha value is -2.02. The number of aromatic nitrogens is 3. The van der Waals surface area contributed by atoms with E-state index in [-0.39, 0.29) is 5.56 Å². The van der Waals surface area contributed by atoms with Crippen LogP contribution in [0, 0.1) is 6.92 Å². The van der Waals surface area contributed by atoms with Gasteiger partial charge in [0.1, 0.15) is 17.1 Å². The van der Waals surface area contributed by atoms with Crippen LogP contribution in [0.15, 0.2) is 23.4 Å². The first-order valence-corrected chi connectivity index (χ1v) is 6.90. The number of nitrogens with zero attached hydrogens (tertiary/aromatic N) is 3. The van der Waals surface area contributed by atoms with Gasteiger partial charge < -0.3 is 14.4 Å². The van der Waals surface area contributed by atoms with E-state index in [4.69, 9.17) is 9.84 Å². The summed E-state index contributed by atoms with van der Waals surface area (Å²) < 4.78 is 6.93. The number of carboxylic acids is 1. The molecule has 1 aromatic heterocycles. The van der Waals surface area contributed by atoms with Crippen LogP contribution in [0.4, 0.5) is 0 Å². The lowest BCUT2D eigenvalue weighted by Gasteiger charge is -2.07. The van der Waals surface area contributed by atoms with Gasteiger partial charge in [-0.25, -0.2) is 4.79 Å². The van der Waals surface area contributed by atoms with E-state index >= 15 is 0 Å². The highest BCUT2D eigenvalue weighted by Crippen LogP contribution is 2.25. The van der Waals surface area contributed by atoms with Crippen molar-refractivity contribution >= 4 is 17.7 Å². The average Bonchev–Trinajstić information content (AvgIpc) is 2.76. The van der Waals surface area contributed by atoms with Crippen LogP contribution in [-0.4, -0.2) is 33.0 Å². The summed E-state index contributed by atoms with van der Waals surface area (Å²) in [6.45, 7) is 1.88. The van der Waals surface area contributed by atoms with Gasteiger partial charge >= 0.3 is 5.97 Å². The molecule has 0 unspecified atom stereocenters. The predicted molar refractivity (Wildman–Crippen MR) is 75.3 cm³/mol. The molecule has 2 rings (SSSR count). The van der Waals surface area contributed by atoms with Crippen molar-refractivity contribution in [3.05, 3.63) is 35.2 Å². The molecule has 0 radical (unpaired) electrons. The molecular weight excluding hydrogens is 278 g/mol. The van der Waals surface area contributed by atoms with Crippen molar-refractivity contribution in [1.82, 2.24) is 14.8 Å². The van der Waals surface area contributed by atoms with Crippen molar-refractivity contribution in [3.8, 4) is 5.75 Å². The van der Waals surface area contributed by atoms with Crippen LogP contribution >= 0.6 is 11.8 Å². The number of aryl methyl sites for hydroxylation is 1. The van der Waals surface area contributed by atoms with Crippen LogP contribution < -0.4 is 4.74 Å². The van der Waals surface area contributed by atoms with E-state index in [1.165, 1.54) is 18.9 Å². The first-order valence-electron chi connectivity index (χ1n) is 5.92. The molecule has 1 heterocycles. The van der Waals surface area contributed by atoms with Crippen molar-refractivity contribution in [3.63, 3.8) is 0 Å². The molecule has 20 heavy (non-hydrogen) atoms. The van der Waals surface area contributed by atoms with Crippen molar-refractivity contribution in [2.24, 2.45) is 7.05 Å². The highest BCUT2D eigenvalue weighted by Gasteiger charge is 2.12. The Balaban J connectivity index is 2.16. The van der Waals surface area contributed by atoms with Crippen LogP contribution in [0.1, 0.15) is 21.7 Å². The molecule has 0 fully saturated rings. The fourth-order valence-corrected chi connectivity index (χ4v) is 2.57. The molecule has 7 heteroatoms. The number of carboxylic acid groups (broad SMARTS) is 1. The second kappa shape index (κ2) is 5.96. The van der Waals surface area contributed by atoms with Crippen LogP contribution in [0.5, 0.6) is 5.75 Å². The smallest absolute Gasteiger partial charge is 0.339 e. The zero-order valence-electron chi connectivity index (χ0n) is 11.5. The van der Waals surface area contributed by atoms with E-state index in [0.29, 0.717) is 11.5 Å². The van der Waals surface area contributed by atoms with Crippen LogP contribution in [0.3, 0.4) is 0 Å². The maximum absolute atomic E-state index is 11.2. The van der Waals surface area contributed by atoms with E-state index in [0.717, 1.165) is 16.5 Å². The number of carbonyl (C=O) groups is 1. The topological polar surface area (TPSA) is 77.2 Å². The molecule has 2 aromatic rings. The average molecular weight is 293 g/mol. The third-order valence-corrected chi connectivity index (χ3v) is 4.01. The van der Waals surface area contributed by atoms with Gasteiger partial charge in [-0.3, -0.25) is 0 Å². The molecule has 0 spiro atoms. The van der Waals surface area contributed by atoms with E-state index in [1.807, 2.05) is 24.6 Å². The maximum atomic E-state index is 11.2. The molecule has 106 valence electrons. The summed E-state index contributed by atoms with van der Waals surface area (Å²) in [5.41, 5.74) is 1.06. The first-order chi connectivity index (χ1) is 9.52. The summed E-state index contributed by atoms with van der Waals surface area (Å²) in [6, 6.07) is 5.14. The molecule has 0 atom stereocenters. The van der Waals surface area contributed by atoms with Gasteiger partial charge in [-0.05, 0) is 24.6 Å². The van der Waals surface area contributed by atoms with E-state index in [1.54, 1.807) is 12.1 Å². The zero-order chi connectivity index (χ0) is 14.7. The van der Waals surface area contributed by atoms with Crippen LogP contribution in [0.2, 0.25) is 0 Å².